The van der Waals surface area contributed by atoms with E-state index in [1.165, 1.54) is 5.56 Å². The standard InChI is InChI=1S/C20H20BrNOS/c1-20(2,3)15-7-9-17(10-8-15)23-12-19-22-18(13-24-19)14-5-4-6-16(21)11-14/h4-11,13H,12H2,1-3H3. The molecule has 2 aromatic carbocycles. The summed E-state index contributed by atoms with van der Waals surface area (Å²) in [5.74, 6) is 0.877. The lowest BCUT2D eigenvalue weighted by Gasteiger charge is -2.19. The summed E-state index contributed by atoms with van der Waals surface area (Å²) in [6.45, 7) is 7.12. The van der Waals surface area contributed by atoms with E-state index in [2.05, 4.69) is 71.3 Å². The zero-order chi connectivity index (χ0) is 17.2. The molecule has 0 saturated carbocycles. The van der Waals surface area contributed by atoms with Gasteiger partial charge in [-0.2, -0.15) is 0 Å². The van der Waals surface area contributed by atoms with E-state index < -0.39 is 0 Å². The van der Waals surface area contributed by atoms with Crippen molar-refractivity contribution < 1.29 is 4.74 Å². The molecule has 2 nitrogen and oxygen atoms in total. The Morgan fingerprint density at radius 1 is 1.08 bits per heavy atom. The van der Waals surface area contributed by atoms with Crippen molar-refractivity contribution in [2.45, 2.75) is 32.8 Å². The van der Waals surface area contributed by atoms with E-state index in [0.29, 0.717) is 6.61 Å². The Kier molecular flexibility index (Phi) is 5.07. The van der Waals surface area contributed by atoms with Gasteiger partial charge in [-0.25, -0.2) is 4.98 Å². The highest BCUT2D eigenvalue weighted by Gasteiger charge is 2.13. The number of thiazole rings is 1. The molecule has 0 aliphatic carbocycles. The number of halogens is 1. The number of aromatic nitrogens is 1. The average Bonchev–Trinajstić information content (AvgIpc) is 3.01. The molecule has 24 heavy (non-hydrogen) atoms. The summed E-state index contributed by atoms with van der Waals surface area (Å²) in [6, 6.07) is 16.5. The van der Waals surface area contributed by atoms with Crippen LogP contribution in [0.1, 0.15) is 31.3 Å². The molecule has 0 radical (unpaired) electrons. The molecule has 0 atom stereocenters. The maximum Gasteiger partial charge on any atom is 0.140 e. The second-order valence-corrected chi connectivity index (χ2v) is 8.56. The van der Waals surface area contributed by atoms with Crippen LogP contribution in [0.4, 0.5) is 0 Å². The summed E-state index contributed by atoms with van der Waals surface area (Å²) in [6.07, 6.45) is 0. The Morgan fingerprint density at radius 2 is 1.83 bits per heavy atom. The fourth-order valence-corrected chi connectivity index (χ4v) is 3.47. The molecule has 0 N–H and O–H groups in total. The molecule has 1 heterocycles. The molecule has 0 unspecified atom stereocenters. The summed E-state index contributed by atoms with van der Waals surface area (Å²) < 4.78 is 6.93. The molecular formula is C20H20BrNOS. The molecule has 0 amide bonds. The van der Waals surface area contributed by atoms with Gasteiger partial charge in [0.2, 0.25) is 0 Å². The number of hydrogen-bond acceptors (Lipinski definition) is 3. The van der Waals surface area contributed by atoms with Gasteiger partial charge >= 0.3 is 0 Å². The van der Waals surface area contributed by atoms with Crippen molar-refractivity contribution in [1.29, 1.82) is 0 Å². The molecule has 124 valence electrons. The van der Waals surface area contributed by atoms with E-state index in [4.69, 9.17) is 4.74 Å². The van der Waals surface area contributed by atoms with E-state index in [-0.39, 0.29) is 5.41 Å². The van der Waals surface area contributed by atoms with Gasteiger partial charge in [-0.1, -0.05) is 61.0 Å². The van der Waals surface area contributed by atoms with Gasteiger partial charge in [-0.05, 0) is 35.2 Å². The first kappa shape index (κ1) is 17.2. The number of hydrogen-bond donors (Lipinski definition) is 0. The molecule has 0 fully saturated rings. The zero-order valence-electron chi connectivity index (χ0n) is 14.0. The predicted octanol–water partition coefficient (Wildman–Crippen LogP) is 6.45. The van der Waals surface area contributed by atoms with Crippen molar-refractivity contribution in [3.8, 4) is 17.0 Å². The summed E-state index contributed by atoms with van der Waals surface area (Å²) in [7, 11) is 0. The second kappa shape index (κ2) is 7.08. The van der Waals surface area contributed by atoms with E-state index in [9.17, 15) is 0 Å². The van der Waals surface area contributed by atoms with Gasteiger partial charge in [0.1, 0.15) is 17.4 Å². The van der Waals surface area contributed by atoms with Crippen LogP contribution in [-0.4, -0.2) is 4.98 Å². The molecule has 0 bridgehead atoms. The Labute approximate surface area is 155 Å². The van der Waals surface area contributed by atoms with E-state index >= 15 is 0 Å². The third-order valence-corrected chi connectivity index (χ3v) is 5.07. The molecule has 0 spiro atoms. The van der Waals surface area contributed by atoms with Crippen molar-refractivity contribution in [3.05, 3.63) is 69.0 Å². The monoisotopic (exact) mass is 401 g/mol. The zero-order valence-corrected chi connectivity index (χ0v) is 16.4. The average molecular weight is 402 g/mol. The van der Waals surface area contributed by atoms with E-state index in [0.717, 1.165) is 26.5 Å². The minimum atomic E-state index is 0.159. The number of benzene rings is 2. The van der Waals surface area contributed by atoms with Crippen LogP contribution in [0.2, 0.25) is 0 Å². The van der Waals surface area contributed by atoms with E-state index in [1.54, 1.807) is 11.3 Å². The topological polar surface area (TPSA) is 22.1 Å². The third-order valence-electron chi connectivity index (χ3n) is 3.75. The van der Waals surface area contributed by atoms with Gasteiger partial charge in [0.25, 0.3) is 0 Å². The summed E-state index contributed by atoms with van der Waals surface area (Å²) >= 11 is 5.12. The normalized spacial score (nSPS) is 11.5. The van der Waals surface area contributed by atoms with E-state index in [1.807, 2.05) is 24.3 Å². The summed E-state index contributed by atoms with van der Waals surface area (Å²) in [5.41, 5.74) is 3.57. The number of nitrogens with zero attached hydrogens (tertiary/aromatic N) is 1. The highest BCUT2D eigenvalue weighted by atomic mass is 79.9. The molecule has 0 saturated heterocycles. The largest absolute Gasteiger partial charge is 0.486 e. The lowest BCUT2D eigenvalue weighted by atomic mass is 9.87. The Balaban J connectivity index is 1.65. The van der Waals surface area contributed by atoms with Crippen molar-refractivity contribution in [2.24, 2.45) is 0 Å². The Bertz CT molecular complexity index is 818. The van der Waals surface area contributed by atoms with Crippen LogP contribution in [-0.2, 0) is 12.0 Å². The first-order valence-electron chi connectivity index (χ1n) is 7.85. The van der Waals surface area contributed by atoms with Crippen molar-refractivity contribution in [2.75, 3.05) is 0 Å². The Morgan fingerprint density at radius 3 is 2.50 bits per heavy atom. The lowest BCUT2D eigenvalue weighted by Crippen LogP contribution is -2.10. The van der Waals surface area contributed by atoms with Crippen molar-refractivity contribution >= 4 is 27.3 Å². The van der Waals surface area contributed by atoms with Crippen molar-refractivity contribution in [1.82, 2.24) is 4.98 Å². The van der Waals surface area contributed by atoms with Gasteiger partial charge in [-0.3, -0.25) is 0 Å². The molecule has 4 heteroatoms. The smallest absolute Gasteiger partial charge is 0.140 e. The van der Waals surface area contributed by atoms with Gasteiger partial charge in [0.15, 0.2) is 0 Å². The van der Waals surface area contributed by atoms with Crippen molar-refractivity contribution in [3.63, 3.8) is 0 Å². The van der Waals surface area contributed by atoms with Crippen LogP contribution in [0, 0.1) is 0 Å². The molecule has 3 aromatic rings. The van der Waals surface area contributed by atoms with Gasteiger partial charge in [0, 0.05) is 15.4 Å². The third kappa shape index (κ3) is 4.25. The van der Waals surface area contributed by atoms with Crippen LogP contribution in [0.15, 0.2) is 58.4 Å². The first-order chi connectivity index (χ1) is 11.4. The van der Waals surface area contributed by atoms with Crippen LogP contribution in [0.5, 0.6) is 5.75 Å². The minimum absolute atomic E-state index is 0.159. The lowest BCUT2D eigenvalue weighted by molar-refractivity contribution is 0.305. The second-order valence-electron chi connectivity index (χ2n) is 6.70. The first-order valence-corrected chi connectivity index (χ1v) is 9.53. The minimum Gasteiger partial charge on any atom is -0.486 e. The van der Waals surface area contributed by atoms with Crippen LogP contribution < -0.4 is 4.74 Å². The molecule has 0 aliphatic heterocycles. The summed E-state index contributed by atoms with van der Waals surface area (Å²) in [4.78, 5) is 4.67. The quantitative estimate of drug-likeness (QED) is 0.500. The molecule has 3 rings (SSSR count). The number of ether oxygens (including phenoxy) is 1. The Hall–Kier alpha value is -1.65. The fourth-order valence-electron chi connectivity index (χ4n) is 2.35. The maximum absolute atomic E-state index is 5.87. The van der Waals surface area contributed by atoms with Gasteiger partial charge < -0.3 is 4.74 Å². The molecule has 1 aromatic heterocycles. The van der Waals surface area contributed by atoms with Gasteiger partial charge in [-0.15, -0.1) is 11.3 Å². The van der Waals surface area contributed by atoms with Crippen LogP contribution in [0.3, 0.4) is 0 Å². The fraction of sp³-hybridized carbons (Fsp3) is 0.250. The van der Waals surface area contributed by atoms with Crippen LogP contribution in [0.25, 0.3) is 11.3 Å². The highest BCUT2D eigenvalue weighted by molar-refractivity contribution is 9.10. The predicted molar refractivity (Wildman–Crippen MR) is 105 cm³/mol. The molecule has 0 aliphatic rings. The summed E-state index contributed by atoms with van der Waals surface area (Å²) in [5, 5.41) is 3.05. The van der Waals surface area contributed by atoms with Crippen LogP contribution >= 0.6 is 27.3 Å². The number of rotatable bonds is 4. The highest BCUT2D eigenvalue weighted by Crippen LogP contribution is 2.27. The van der Waals surface area contributed by atoms with Gasteiger partial charge in [0.05, 0.1) is 5.69 Å². The maximum atomic E-state index is 5.87. The SMILES string of the molecule is CC(C)(C)c1ccc(OCc2nc(-c3cccc(Br)c3)cs2)cc1. The molecular weight excluding hydrogens is 382 g/mol.